The van der Waals surface area contributed by atoms with E-state index in [4.69, 9.17) is 0 Å². The van der Waals surface area contributed by atoms with E-state index in [1.807, 2.05) is 18.9 Å². The van der Waals surface area contributed by atoms with Crippen LogP contribution in [-0.2, 0) is 4.79 Å². The summed E-state index contributed by atoms with van der Waals surface area (Å²) < 4.78 is 0. The van der Waals surface area contributed by atoms with E-state index in [-0.39, 0.29) is 5.91 Å². The highest BCUT2D eigenvalue weighted by molar-refractivity contribution is 5.80. The molecule has 1 unspecified atom stereocenters. The van der Waals surface area contributed by atoms with Crippen LogP contribution in [0.15, 0.2) is 4.99 Å². The SMILES string of the molecule is CCC(=O)N1CCC(NC(=NC)NCCCCN2CCCC2)C1. The van der Waals surface area contributed by atoms with Gasteiger partial charge >= 0.3 is 0 Å². The summed E-state index contributed by atoms with van der Waals surface area (Å²) in [6.07, 6.45) is 6.74. The Kier molecular flexibility index (Phi) is 7.65. The zero-order valence-corrected chi connectivity index (χ0v) is 14.8. The Balaban J connectivity index is 1.57. The first-order chi connectivity index (χ1) is 11.2. The Hall–Kier alpha value is -1.30. The summed E-state index contributed by atoms with van der Waals surface area (Å²) in [7, 11) is 1.81. The highest BCUT2D eigenvalue weighted by Crippen LogP contribution is 2.10. The molecule has 0 radical (unpaired) electrons. The third-order valence-electron chi connectivity index (χ3n) is 4.80. The normalized spacial score (nSPS) is 22.6. The minimum absolute atomic E-state index is 0.249. The molecule has 0 spiro atoms. The van der Waals surface area contributed by atoms with Gasteiger partial charge in [-0.3, -0.25) is 9.79 Å². The van der Waals surface area contributed by atoms with E-state index in [2.05, 4.69) is 20.5 Å². The van der Waals surface area contributed by atoms with Gasteiger partial charge in [-0.05, 0) is 51.7 Å². The quantitative estimate of drug-likeness (QED) is 0.417. The van der Waals surface area contributed by atoms with Crippen molar-refractivity contribution in [3.8, 4) is 0 Å². The monoisotopic (exact) mass is 323 g/mol. The van der Waals surface area contributed by atoms with Crippen LogP contribution in [0.1, 0.15) is 45.4 Å². The molecule has 1 amide bonds. The van der Waals surface area contributed by atoms with Gasteiger partial charge in [0.1, 0.15) is 0 Å². The van der Waals surface area contributed by atoms with E-state index in [1.54, 1.807) is 0 Å². The Morgan fingerprint density at radius 3 is 2.70 bits per heavy atom. The van der Waals surface area contributed by atoms with Gasteiger partial charge in [-0.2, -0.15) is 0 Å². The largest absolute Gasteiger partial charge is 0.356 e. The number of nitrogens with one attached hydrogen (secondary N) is 2. The van der Waals surface area contributed by atoms with Gasteiger partial charge in [-0.1, -0.05) is 6.92 Å². The molecule has 2 fully saturated rings. The van der Waals surface area contributed by atoms with Crippen molar-refractivity contribution >= 4 is 11.9 Å². The second kappa shape index (κ2) is 9.75. The van der Waals surface area contributed by atoms with Gasteiger partial charge in [0.15, 0.2) is 5.96 Å². The van der Waals surface area contributed by atoms with Gasteiger partial charge in [0.2, 0.25) is 5.91 Å². The first-order valence-corrected chi connectivity index (χ1v) is 9.20. The number of carbonyl (C=O) groups excluding carboxylic acids is 1. The highest BCUT2D eigenvalue weighted by atomic mass is 16.2. The summed E-state index contributed by atoms with van der Waals surface area (Å²) in [6.45, 7) is 8.32. The van der Waals surface area contributed by atoms with Crippen molar-refractivity contribution < 1.29 is 4.79 Å². The molecule has 2 saturated heterocycles. The van der Waals surface area contributed by atoms with Gasteiger partial charge in [0.25, 0.3) is 0 Å². The number of aliphatic imine (C=N–C) groups is 1. The third-order valence-corrected chi connectivity index (χ3v) is 4.80. The molecule has 0 aromatic carbocycles. The Morgan fingerprint density at radius 1 is 1.22 bits per heavy atom. The van der Waals surface area contributed by atoms with Crippen molar-refractivity contribution in [1.82, 2.24) is 20.4 Å². The van der Waals surface area contributed by atoms with Crippen molar-refractivity contribution in [2.24, 2.45) is 4.99 Å². The molecule has 2 rings (SSSR count). The van der Waals surface area contributed by atoms with Crippen molar-refractivity contribution in [2.75, 3.05) is 46.3 Å². The number of rotatable bonds is 7. The molecule has 1 atom stereocenters. The van der Waals surface area contributed by atoms with E-state index in [0.29, 0.717) is 12.5 Å². The molecule has 0 saturated carbocycles. The average Bonchev–Trinajstić information content (AvgIpc) is 3.24. The fourth-order valence-electron chi connectivity index (χ4n) is 3.39. The van der Waals surface area contributed by atoms with Crippen LogP contribution in [0.2, 0.25) is 0 Å². The minimum atomic E-state index is 0.249. The summed E-state index contributed by atoms with van der Waals surface area (Å²) in [5.41, 5.74) is 0. The summed E-state index contributed by atoms with van der Waals surface area (Å²) in [5, 5.41) is 6.84. The molecule has 2 aliphatic rings. The van der Waals surface area contributed by atoms with E-state index in [0.717, 1.165) is 32.0 Å². The first-order valence-electron chi connectivity index (χ1n) is 9.20. The lowest BCUT2D eigenvalue weighted by molar-refractivity contribution is -0.129. The molecule has 132 valence electrons. The van der Waals surface area contributed by atoms with Crippen LogP contribution in [0.5, 0.6) is 0 Å². The molecular weight excluding hydrogens is 290 g/mol. The lowest BCUT2D eigenvalue weighted by Crippen LogP contribution is -2.45. The minimum Gasteiger partial charge on any atom is -0.356 e. The number of nitrogens with zero attached hydrogens (tertiary/aromatic N) is 3. The molecule has 0 bridgehead atoms. The Morgan fingerprint density at radius 2 is 2.00 bits per heavy atom. The fourth-order valence-corrected chi connectivity index (χ4v) is 3.39. The van der Waals surface area contributed by atoms with Gasteiger partial charge in [-0.25, -0.2) is 0 Å². The van der Waals surface area contributed by atoms with Crippen molar-refractivity contribution in [2.45, 2.75) is 51.5 Å². The Bertz CT molecular complexity index is 392. The summed E-state index contributed by atoms with van der Waals surface area (Å²) in [4.78, 5) is 20.5. The summed E-state index contributed by atoms with van der Waals surface area (Å²) in [6, 6.07) is 0.321. The topological polar surface area (TPSA) is 60.0 Å². The molecule has 6 nitrogen and oxygen atoms in total. The molecule has 23 heavy (non-hydrogen) atoms. The van der Waals surface area contributed by atoms with E-state index < -0.39 is 0 Å². The highest BCUT2D eigenvalue weighted by Gasteiger charge is 2.25. The van der Waals surface area contributed by atoms with E-state index >= 15 is 0 Å². The molecule has 2 heterocycles. The maximum Gasteiger partial charge on any atom is 0.222 e. The third kappa shape index (κ3) is 6.01. The van der Waals surface area contributed by atoms with Gasteiger partial charge in [0.05, 0.1) is 0 Å². The van der Waals surface area contributed by atoms with Gasteiger partial charge in [-0.15, -0.1) is 0 Å². The molecule has 6 heteroatoms. The average molecular weight is 323 g/mol. The van der Waals surface area contributed by atoms with E-state index in [9.17, 15) is 4.79 Å². The van der Waals surface area contributed by atoms with Crippen LogP contribution in [0.25, 0.3) is 0 Å². The molecular formula is C17H33N5O. The zero-order chi connectivity index (χ0) is 16.5. The molecule has 0 aromatic heterocycles. The van der Waals surface area contributed by atoms with Gasteiger partial charge < -0.3 is 20.4 Å². The number of unbranched alkanes of at least 4 members (excludes halogenated alkanes) is 1. The molecule has 2 aliphatic heterocycles. The lowest BCUT2D eigenvalue weighted by Gasteiger charge is -2.19. The van der Waals surface area contributed by atoms with Crippen LogP contribution in [0.4, 0.5) is 0 Å². The maximum atomic E-state index is 11.7. The van der Waals surface area contributed by atoms with Crippen LogP contribution in [-0.4, -0.2) is 74.0 Å². The smallest absolute Gasteiger partial charge is 0.222 e. The van der Waals surface area contributed by atoms with Crippen molar-refractivity contribution in [3.63, 3.8) is 0 Å². The number of hydrogen-bond donors (Lipinski definition) is 2. The number of carbonyl (C=O) groups is 1. The van der Waals surface area contributed by atoms with E-state index in [1.165, 1.54) is 45.3 Å². The first kappa shape index (κ1) is 18.0. The number of guanidine groups is 1. The summed E-state index contributed by atoms with van der Waals surface area (Å²) >= 11 is 0. The van der Waals surface area contributed by atoms with Crippen LogP contribution < -0.4 is 10.6 Å². The lowest BCUT2D eigenvalue weighted by atomic mass is 10.2. The number of hydrogen-bond acceptors (Lipinski definition) is 3. The molecule has 0 aromatic rings. The number of amides is 1. The predicted octanol–water partition coefficient (Wildman–Crippen LogP) is 1.04. The van der Waals surface area contributed by atoms with Crippen molar-refractivity contribution in [1.29, 1.82) is 0 Å². The fraction of sp³-hybridized carbons (Fsp3) is 0.882. The van der Waals surface area contributed by atoms with Crippen molar-refractivity contribution in [3.05, 3.63) is 0 Å². The molecule has 0 aliphatic carbocycles. The standard InChI is InChI=1S/C17H33N5O/c1-3-16(23)22-13-8-15(14-22)20-17(18-2)19-9-4-5-10-21-11-6-7-12-21/h15H,3-14H2,1-2H3,(H2,18,19,20). The van der Waals surface area contributed by atoms with Crippen LogP contribution >= 0.6 is 0 Å². The van der Waals surface area contributed by atoms with Crippen LogP contribution in [0.3, 0.4) is 0 Å². The predicted molar refractivity (Wildman–Crippen MR) is 94.7 cm³/mol. The van der Waals surface area contributed by atoms with Crippen LogP contribution in [0, 0.1) is 0 Å². The molecule has 2 N–H and O–H groups in total. The maximum absolute atomic E-state index is 11.7. The zero-order valence-electron chi connectivity index (χ0n) is 14.8. The second-order valence-electron chi connectivity index (χ2n) is 6.58. The Labute approximate surface area is 140 Å². The van der Waals surface area contributed by atoms with Gasteiger partial charge in [0, 0.05) is 39.1 Å². The summed E-state index contributed by atoms with van der Waals surface area (Å²) in [5.74, 6) is 1.11. The second-order valence-corrected chi connectivity index (χ2v) is 6.58. The number of likely N-dealkylation sites (tertiary alicyclic amines) is 2.